The van der Waals surface area contributed by atoms with Crippen LogP contribution in [-0.2, 0) is 9.53 Å². The Morgan fingerprint density at radius 3 is 3.16 bits per heavy atom. The number of amides is 1. The second-order valence-electron chi connectivity index (χ2n) is 4.03. The molecule has 2 aromatic rings. The highest BCUT2D eigenvalue weighted by atomic mass is 32.1. The van der Waals surface area contributed by atoms with Gasteiger partial charge in [-0.3, -0.25) is 4.79 Å². The summed E-state index contributed by atoms with van der Waals surface area (Å²) in [6, 6.07) is 1.83. The van der Waals surface area contributed by atoms with Gasteiger partial charge in [0, 0.05) is 13.2 Å². The maximum Gasteiger partial charge on any atom is 0.258 e. The molecule has 1 amide bonds. The second-order valence-corrected chi connectivity index (χ2v) is 4.93. The Bertz CT molecular complexity index is 558. The summed E-state index contributed by atoms with van der Waals surface area (Å²) in [5, 5.41) is 5.50. The molecule has 0 saturated carbocycles. The predicted octanol–water partition coefficient (Wildman–Crippen LogP) is 1.22. The van der Waals surface area contributed by atoms with Crippen molar-refractivity contribution in [2.45, 2.75) is 13.0 Å². The van der Waals surface area contributed by atoms with Crippen LogP contribution in [0.1, 0.15) is 6.92 Å². The molecule has 1 atom stereocenters. The van der Waals surface area contributed by atoms with E-state index in [1.165, 1.54) is 17.7 Å². The van der Waals surface area contributed by atoms with Crippen molar-refractivity contribution in [3.63, 3.8) is 0 Å². The number of ether oxygens (including phenoxy) is 2. The lowest BCUT2D eigenvalue weighted by Crippen LogP contribution is -2.38. The zero-order valence-corrected chi connectivity index (χ0v) is 11.6. The molecule has 2 rings (SSSR count). The Morgan fingerprint density at radius 2 is 2.37 bits per heavy atom. The zero-order valence-electron chi connectivity index (χ0n) is 10.8. The van der Waals surface area contributed by atoms with Crippen molar-refractivity contribution in [2.75, 3.05) is 20.3 Å². The first-order valence-corrected chi connectivity index (χ1v) is 6.68. The van der Waals surface area contributed by atoms with Crippen molar-refractivity contribution in [3.05, 3.63) is 17.8 Å². The van der Waals surface area contributed by atoms with Crippen LogP contribution in [0.25, 0.3) is 10.2 Å². The molecule has 0 aliphatic heterocycles. The monoisotopic (exact) mass is 281 g/mol. The van der Waals surface area contributed by atoms with Crippen LogP contribution in [0.4, 0.5) is 0 Å². The minimum absolute atomic E-state index is 0.0485. The van der Waals surface area contributed by atoms with Crippen LogP contribution < -0.4 is 10.1 Å². The molecular formula is C12H15N3O3S. The molecule has 6 nitrogen and oxygen atoms in total. The van der Waals surface area contributed by atoms with Gasteiger partial charge < -0.3 is 14.8 Å². The molecule has 0 spiro atoms. The van der Waals surface area contributed by atoms with Gasteiger partial charge in [-0.2, -0.15) is 0 Å². The first kappa shape index (κ1) is 13.7. The van der Waals surface area contributed by atoms with Gasteiger partial charge in [-0.1, -0.05) is 0 Å². The minimum Gasteiger partial charge on any atom is -0.467 e. The molecular weight excluding hydrogens is 266 g/mol. The number of rotatable bonds is 6. The number of carbonyl (C=O) groups excluding carboxylic acids is 1. The van der Waals surface area contributed by atoms with Crippen molar-refractivity contribution in [1.82, 2.24) is 15.3 Å². The topological polar surface area (TPSA) is 73.3 Å². The van der Waals surface area contributed by atoms with Crippen molar-refractivity contribution in [3.8, 4) is 5.88 Å². The molecule has 1 N–H and O–H groups in total. The van der Waals surface area contributed by atoms with Crippen molar-refractivity contribution >= 4 is 27.5 Å². The van der Waals surface area contributed by atoms with Gasteiger partial charge in [0.2, 0.25) is 5.88 Å². The third kappa shape index (κ3) is 3.62. The van der Waals surface area contributed by atoms with Crippen LogP contribution in [0.5, 0.6) is 5.88 Å². The summed E-state index contributed by atoms with van der Waals surface area (Å²) >= 11 is 1.50. The lowest BCUT2D eigenvalue weighted by Gasteiger charge is -2.12. The van der Waals surface area contributed by atoms with Crippen molar-refractivity contribution < 1.29 is 14.3 Å². The van der Waals surface area contributed by atoms with Crippen molar-refractivity contribution in [2.24, 2.45) is 0 Å². The number of carbonyl (C=O) groups is 1. The Labute approximate surface area is 114 Å². The minimum atomic E-state index is -0.202. The highest BCUT2D eigenvalue weighted by molar-refractivity contribution is 7.16. The first-order valence-electron chi connectivity index (χ1n) is 5.80. The standard InChI is InChI=1S/C12H15N3O3S/c1-8(5-17-2)15-10(16)6-18-11-9-3-4-19-12(9)14-7-13-11/h3-4,7-8H,5-6H2,1-2H3,(H,15,16)/t8-/m0/s1. The van der Waals surface area contributed by atoms with Crippen LogP contribution in [0.15, 0.2) is 17.8 Å². The van der Waals surface area contributed by atoms with E-state index in [0.717, 1.165) is 10.2 Å². The molecule has 0 aromatic carbocycles. The first-order chi connectivity index (χ1) is 9.20. The summed E-state index contributed by atoms with van der Waals surface area (Å²) in [5.41, 5.74) is 0. The van der Waals surface area contributed by atoms with Crippen LogP contribution in [0.3, 0.4) is 0 Å². The maximum absolute atomic E-state index is 11.6. The van der Waals surface area contributed by atoms with Crippen LogP contribution in [0.2, 0.25) is 0 Å². The van der Waals surface area contributed by atoms with Gasteiger partial charge in [0.1, 0.15) is 11.2 Å². The van der Waals surface area contributed by atoms with Gasteiger partial charge in [-0.05, 0) is 18.4 Å². The Hall–Kier alpha value is -1.73. The van der Waals surface area contributed by atoms with Crippen molar-refractivity contribution in [1.29, 1.82) is 0 Å². The average Bonchev–Trinajstić information content (AvgIpc) is 2.85. The Balaban J connectivity index is 1.91. The maximum atomic E-state index is 11.6. The van der Waals surface area contributed by atoms with E-state index in [-0.39, 0.29) is 18.6 Å². The number of thiophene rings is 1. The molecule has 0 unspecified atom stereocenters. The molecule has 0 aliphatic rings. The third-order valence-electron chi connectivity index (χ3n) is 2.39. The molecule has 0 bridgehead atoms. The van der Waals surface area contributed by atoms with Crippen LogP contribution >= 0.6 is 11.3 Å². The number of nitrogens with one attached hydrogen (secondary N) is 1. The highest BCUT2D eigenvalue weighted by Gasteiger charge is 2.10. The van der Waals surface area contributed by atoms with Gasteiger partial charge >= 0.3 is 0 Å². The molecule has 0 saturated heterocycles. The molecule has 0 radical (unpaired) electrons. The molecule has 0 fully saturated rings. The molecule has 0 aliphatic carbocycles. The normalized spacial score (nSPS) is 12.3. The molecule has 102 valence electrons. The fourth-order valence-electron chi connectivity index (χ4n) is 1.62. The lowest BCUT2D eigenvalue weighted by atomic mass is 10.3. The summed E-state index contributed by atoms with van der Waals surface area (Å²) in [6.45, 7) is 2.26. The summed E-state index contributed by atoms with van der Waals surface area (Å²) in [5.74, 6) is 0.229. The van der Waals surface area contributed by atoms with E-state index >= 15 is 0 Å². The number of hydrogen-bond donors (Lipinski definition) is 1. The fourth-order valence-corrected chi connectivity index (χ4v) is 2.35. The van der Waals surface area contributed by atoms with E-state index in [1.807, 2.05) is 18.4 Å². The van der Waals surface area contributed by atoms with Gasteiger partial charge in [-0.25, -0.2) is 9.97 Å². The number of methoxy groups -OCH3 is 1. The summed E-state index contributed by atoms with van der Waals surface area (Å²) < 4.78 is 10.4. The smallest absolute Gasteiger partial charge is 0.258 e. The van der Waals surface area contributed by atoms with E-state index in [0.29, 0.717) is 12.5 Å². The van der Waals surface area contributed by atoms with Gasteiger partial charge in [0.25, 0.3) is 5.91 Å². The number of hydrogen-bond acceptors (Lipinski definition) is 6. The SMILES string of the molecule is COC[C@H](C)NC(=O)COc1ncnc2sccc12. The molecule has 7 heteroatoms. The highest BCUT2D eigenvalue weighted by Crippen LogP contribution is 2.25. The summed E-state index contributed by atoms with van der Waals surface area (Å²) in [7, 11) is 1.59. The van der Waals surface area contributed by atoms with E-state index in [1.54, 1.807) is 7.11 Å². The quantitative estimate of drug-likeness (QED) is 0.862. The third-order valence-corrected chi connectivity index (χ3v) is 3.21. The average molecular weight is 281 g/mol. The van der Waals surface area contributed by atoms with E-state index in [4.69, 9.17) is 9.47 Å². The number of nitrogens with zero attached hydrogens (tertiary/aromatic N) is 2. The van der Waals surface area contributed by atoms with E-state index in [9.17, 15) is 4.79 Å². The largest absolute Gasteiger partial charge is 0.467 e. The van der Waals surface area contributed by atoms with Gasteiger partial charge in [-0.15, -0.1) is 11.3 Å². The molecule has 2 aromatic heterocycles. The van der Waals surface area contributed by atoms with E-state index < -0.39 is 0 Å². The second kappa shape index (κ2) is 6.44. The predicted molar refractivity (Wildman–Crippen MR) is 72.4 cm³/mol. The molecule has 19 heavy (non-hydrogen) atoms. The summed E-state index contributed by atoms with van der Waals surface area (Å²) in [6.07, 6.45) is 1.43. The van der Waals surface area contributed by atoms with Gasteiger partial charge in [0.05, 0.1) is 12.0 Å². The number of aromatic nitrogens is 2. The lowest BCUT2D eigenvalue weighted by molar-refractivity contribution is -0.124. The molecule has 2 heterocycles. The van der Waals surface area contributed by atoms with Gasteiger partial charge in [0.15, 0.2) is 6.61 Å². The fraction of sp³-hybridized carbons (Fsp3) is 0.417. The van der Waals surface area contributed by atoms with Crippen LogP contribution in [0, 0.1) is 0 Å². The number of fused-ring (bicyclic) bond motifs is 1. The zero-order chi connectivity index (χ0) is 13.7. The Kier molecular flexibility index (Phi) is 4.64. The Morgan fingerprint density at radius 1 is 1.53 bits per heavy atom. The van der Waals surface area contributed by atoms with E-state index in [2.05, 4.69) is 15.3 Å². The van der Waals surface area contributed by atoms with Crippen LogP contribution in [-0.4, -0.2) is 42.2 Å². The summed E-state index contributed by atoms with van der Waals surface area (Å²) in [4.78, 5) is 20.6.